The van der Waals surface area contributed by atoms with Gasteiger partial charge in [0.25, 0.3) is 5.56 Å². The molecule has 9 nitrogen and oxygen atoms in total. The SMILES string of the molecule is CCCc1c(Cc2ccc(-c3ccccc3-c3noc(=O)[nH]3)cc2)c(=O)n(-c2ccc(C(C)CC)cc2)c2ncnn12. The lowest BCUT2D eigenvalue weighted by molar-refractivity contribution is 0.388. The van der Waals surface area contributed by atoms with Gasteiger partial charge >= 0.3 is 5.76 Å². The van der Waals surface area contributed by atoms with E-state index in [0.717, 1.165) is 46.5 Å². The Balaban J connectivity index is 1.40. The van der Waals surface area contributed by atoms with Gasteiger partial charge in [0.1, 0.15) is 6.33 Å². The Morgan fingerprint density at radius 1 is 0.929 bits per heavy atom. The average molecular weight is 561 g/mol. The molecule has 0 amide bonds. The topological polar surface area (TPSA) is 111 Å². The van der Waals surface area contributed by atoms with Crippen molar-refractivity contribution < 1.29 is 4.52 Å². The van der Waals surface area contributed by atoms with Gasteiger partial charge in [-0.15, -0.1) is 0 Å². The molecule has 1 unspecified atom stereocenters. The summed E-state index contributed by atoms with van der Waals surface area (Å²) in [6, 6.07) is 24.0. The van der Waals surface area contributed by atoms with Crippen molar-refractivity contribution in [3.05, 3.63) is 122 Å². The van der Waals surface area contributed by atoms with E-state index in [1.165, 1.54) is 11.9 Å². The molecular formula is C33H32N6O3. The number of benzene rings is 3. The third-order valence-electron chi connectivity index (χ3n) is 7.88. The van der Waals surface area contributed by atoms with Crippen LogP contribution in [0.3, 0.4) is 0 Å². The fraction of sp³-hybridized carbons (Fsp3) is 0.242. The lowest BCUT2D eigenvalue weighted by atomic mass is 9.96. The molecule has 0 saturated heterocycles. The van der Waals surface area contributed by atoms with Crippen molar-refractivity contribution in [2.24, 2.45) is 0 Å². The van der Waals surface area contributed by atoms with Gasteiger partial charge < -0.3 is 0 Å². The first-order chi connectivity index (χ1) is 20.5. The van der Waals surface area contributed by atoms with E-state index in [1.54, 1.807) is 4.57 Å². The molecule has 0 radical (unpaired) electrons. The molecule has 0 fully saturated rings. The summed E-state index contributed by atoms with van der Waals surface area (Å²) in [4.78, 5) is 32.8. The van der Waals surface area contributed by atoms with Gasteiger partial charge in [-0.3, -0.25) is 14.3 Å². The predicted molar refractivity (Wildman–Crippen MR) is 162 cm³/mol. The van der Waals surface area contributed by atoms with Gasteiger partial charge in [-0.05, 0) is 53.1 Å². The summed E-state index contributed by atoms with van der Waals surface area (Å²) in [5.74, 6) is 0.739. The number of aromatic amines is 1. The molecule has 3 aromatic carbocycles. The highest BCUT2D eigenvalue weighted by atomic mass is 16.5. The molecule has 9 heteroatoms. The van der Waals surface area contributed by atoms with Crippen molar-refractivity contribution in [3.8, 4) is 28.2 Å². The molecule has 0 saturated carbocycles. The maximum atomic E-state index is 14.2. The van der Waals surface area contributed by atoms with E-state index in [4.69, 9.17) is 4.52 Å². The Morgan fingerprint density at radius 2 is 1.67 bits per heavy atom. The lowest BCUT2D eigenvalue weighted by Crippen LogP contribution is -2.28. The van der Waals surface area contributed by atoms with Crippen molar-refractivity contribution in [2.45, 2.75) is 52.4 Å². The molecule has 3 aromatic heterocycles. The van der Waals surface area contributed by atoms with Gasteiger partial charge in [0.15, 0.2) is 5.82 Å². The Labute approximate surface area is 242 Å². The van der Waals surface area contributed by atoms with Crippen molar-refractivity contribution in [1.82, 2.24) is 29.3 Å². The highest BCUT2D eigenvalue weighted by Gasteiger charge is 2.20. The van der Waals surface area contributed by atoms with Crippen molar-refractivity contribution in [2.75, 3.05) is 0 Å². The molecule has 3 heterocycles. The van der Waals surface area contributed by atoms with Gasteiger partial charge in [0.2, 0.25) is 5.78 Å². The first-order valence-electron chi connectivity index (χ1n) is 14.3. The zero-order valence-corrected chi connectivity index (χ0v) is 23.9. The van der Waals surface area contributed by atoms with Gasteiger partial charge in [-0.2, -0.15) is 10.1 Å². The molecule has 6 rings (SSSR count). The smallest absolute Gasteiger partial charge is 0.296 e. The summed E-state index contributed by atoms with van der Waals surface area (Å²) in [5, 5.41) is 8.39. The number of fused-ring (bicyclic) bond motifs is 1. The quantitative estimate of drug-likeness (QED) is 0.234. The summed E-state index contributed by atoms with van der Waals surface area (Å²) < 4.78 is 8.20. The Kier molecular flexibility index (Phi) is 7.39. The number of rotatable bonds is 9. The summed E-state index contributed by atoms with van der Waals surface area (Å²) in [6.45, 7) is 6.47. The number of hydrogen-bond acceptors (Lipinski definition) is 6. The van der Waals surface area contributed by atoms with Gasteiger partial charge in [-0.25, -0.2) is 13.9 Å². The van der Waals surface area contributed by atoms with Crippen LogP contribution >= 0.6 is 0 Å². The molecule has 1 N–H and O–H groups in total. The second kappa shape index (κ2) is 11.4. The number of hydrogen-bond donors (Lipinski definition) is 1. The van der Waals surface area contributed by atoms with E-state index < -0.39 is 5.76 Å². The third-order valence-corrected chi connectivity index (χ3v) is 7.88. The average Bonchev–Trinajstić information content (AvgIpc) is 3.68. The number of aryl methyl sites for hydroxylation is 1. The Morgan fingerprint density at radius 3 is 2.33 bits per heavy atom. The van der Waals surface area contributed by atoms with Crippen LogP contribution in [0.4, 0.5) is 0 Å². The standard InChI is InChI=1S/C33H32N6O3/c1-4-8-29-28(31(40)38(32-34-20-35-39(29)32)25-17-15-23(16-18-25)21(3)5-2)19-22-11-13-24(14-12-22)26-9-6-7-10-27(26)30-36-33(41)42-37-30/h6-7,9-18,20-21H,4-5,8,19H2,1-3H3,(H,36,37,41). The van der Waals surface area contributed by atoms with E-state index in [1.807, 2.05) is 65.2 Å². The van der Waals surface area contributed by atoms with Gasteiger partial charge in [0, 0.05) is 17.5 Å². The van der Waals surface area contributed by atoms with Crippen LogP contribution in [-0.2, 0) is 12.8 Å². The van der Waals surface area contributed by atoms with Crippen LogP contribution in [0.2, 0.25) is 0 Å². The van der Waals surface area contributed by atoms with E-state index >= 15 is 0 Å². The molecule has 0 aliphatic carbocycles. The Bertz CT molecular complexity index is 1960. The maximum Gasteiger partial charge on any atom is 0.439 e. The Hall–Kier alpha value is -5.05. The summed E-state index contributed by atoms with van der Waals surface area (Å²) in [6.07, 6.45) is 4.59. The lowest BCUT2D eigenvalue weighted by Gasteiger charge is -2.16. The van der Waals surface area contributed by atoms with Crippen LogP contribution in [-0.4, -0.2) is 29.3 Å². The molecule has 0 bridgehead atoms. The van der Waals surface area contributed by atoms with E-state index in [-0.39, 0.29) is 5.56 Å². The molecule has 0 aliphatic rings. The van der Waals surface area contributed by atoms with E-state index in [9.17, 15) is 9.59 Å². The van der Waals surface area contributed by atoms with Gasteiger partial charge in [-0.1, -0.05) is 93.0 Å². The maximum absolute atomic E-state index is 14.2. The number of H-pyrrole nitrogens is 1. The van der Waals surface area contributed by atoms with Crippen molar-refractivity contribution >= 4 is 5.78 Å². The van der Waals surface area contributed by atoms with Crippen LogP contribution in [0.1, 0.15) is 61.9 Å². The molecule has 42 heavy (non-hydrogen) atoms. The first-order valence-corrected chi connectivity index (χ1v) is 14.3. The molecule has 0 spiro atoms. The highest BCUT2D eigenvalue weighted by Crippen LogP contribution is 2.30. The second-order valence-electron chi connectivity index (χ2n) is 10.6. The van der Waals surface area contributed by atoms with Crippen LogP contribution in [0.25, 0.3) is 34.0 Å². The van der Waals surface area contributed by atoms with Crippen LogP contribution < -0.4 is 11.3 Å². The zero-order chi connectivity index (χ0) is 29.2. The number of nitrogens with one attached hydrogen (secondary N) is 1. The minimum absolute atomic E-state index is 0.0837. The van der Waals surface area contributed by atoms with Crippen LogP contribution in [0.5, 0.6) is 0 Å². The van der Waals surface area contributed by atoms with E-state index in [0.29, 0.717) is 35.9 Å². The molecule has 0 aliphatic heterocycles. The zero-order valence-electron chi connectivity index (χ0n) is 23.9. The minimum Gasteiger partial charge on any atom is -0.296 e. The monoisotopic (exact) mass is 560 g/mol. The molecule has 212 valence electrons. The third kappa shape index (κ3) is 4.98. The second-order valence-corrected chi connectivity index (χ2v) is 10.6. The summed E-state index contributed by atoms with van der Waals surface area (Å²) in [5.41, 5.74) is 7.14. The summed E-state index contributed by atoms with van der Waals surface area (Å²) >= 11 is 0. The molecule has 1 atom stereocenters. The highest BCUT2D eigenvalue weighted by molar-refractivity contribution is 5.80. The van der Waals surface area contributed by atoms with Gasteiger partial charge in [0.05, 0.1) is 11.4 Å². The van der Waals surface area contributed by atoms with Crippen LogP contribution in [0, 0.1) is 0 Å². The van der Waals surface area contributed by atoms with E-state index in [2.05, 4.69) is 53.1 Å². The fourth-order valence-electron chi connectivity index (χ4n) is 5.44. The predicted octanol–water partition coefficient (Wildman–Crippen LogP) is 5.95. The summed E-state index contributed by atoms with van der Waals surface area (Å²) in [7, 11) is 0. The van der Waals surface area contributed by atoms with Crippen molar-refractivity contribution in [3.63, 3.8) is 0 Å². The molecular weight excluding hydrogens is 528 g/mol. The normalized spacial score (nSPS) is 12.2. The largest absolute Gasteiger partial charge is 0.439 e. The molecule has 6 aromatic rings. The van der Waals surface area contributed by atoms with Crippen LogP contribution in [0.15, 0.2) is 93.2 Å². The van der Waals surface area contributed by atoms with Crippen molar-refractivity contribution in [1.29, 1.82) is 0 Å². The first kappa shape index (κ1) is 27.1. The number of aromatic nitrogens is 6. The minimum atomic E-state index is -0.598. The fourth-order valence-corrected chi connectivity index (χ4v) is 5.44. The number of nitrogens with zero attached hydrogens (tertiary/aromatic N) is 5.